The van der Waals surface area contributed by atoms with Gasteiger partial charge in [-0.3, -0.25) is 9.59 Å². The summed E-state index contributed by atoms with van der Waals surface area (Å²) in [5.41, 5.74) is -0.713. The van der Waals surface area contributed by atoms with E-state index in [-0.39, 0.29) is 22.4 Å². The molecule has 0 unspecified atom stereocenters. The van der Waals surface area contributed by atoms with Gasteiger partial charge in [0.05, 0.1) is 10.9 Å². The van der Waals surface area contributed by atoms with Gasteiger partial charge in [-0.1, -0.05) is 21.1 Å². The molecule has 2 aromatic heterocycles. The van der Waals surface area contributed by atoms with Crippen LogP contribution in [0.5, 0.6) is 5.75 Å². The summed E-state index contributed by atoms with van der Waals surface area (Å²) in [5, 5.41) is -1.45. The quantitative estimate of drug-likeness (QED) is 0.530. The van der Waals surface area contributed by atoms with Gasteiger partial charge in [-0.15, -0.1) is 0 Å². The number of aromatic amines is 1. The van der Waals surface area contributed by atoms with Gasteiger partial charge >= 0.3 is 12.5 Å². The van der Waals surface area contributed by atoms with Crippen LogP contribution in [0.15, 0.2) is 41.3 Å². The molecule has 0 aliphatic heterocycles. The Labute approximate surface area is 153 Å². The topological polar surface area (TPSA) is 88.2 Å². The minimum absolute atomic E-state index is 0.131. The zero-order chi connectivity index (χ0) is 20.3. The molecule has 0 bridgehead atoms. The summed E-state index contributed by atoms with van der Waals surface area (Å²) in [7, 11) is 0. The fraction of sp³-hybridized carbons (Fsp3) is 0.0588. The molecule has 0 saturated heterocycles. The Morgan fingerprint density at radius 3 is 2.71 bits per heavy atom. The van der Waals surface area contributed by atoms with Crippen LogP contribution in [0.25, 0.3) is 23.2 Å². The third-order valence-corrected chi connectivity index (χ3v) is 3.54. The van der Waals surface area contributed by atoms with Gasteiger partial charge in [0.15, 0.2) is 5.65 Å². The van der Waals surface area contributed by atoms with E-state index in [0.717, 1.165) is 12.1 Å². The monoisotopic (exact) mass is 394 g/mol. The minimum atomic E-state index is -3.32. The van der Waals surface area contributed by atoms with E-state index >= 15 is 0 Å². The van der Waals surface area contributed by atoms with E-state index < -0.39 is 34.7 Å². The van der Waals surface area contributed by atoms with Crippen LogP contribution < -0.4 is 10.3 Å². The molecule has 7 nitrogen and oxygen atoms in total. The third kappa shape index (κ3) is 4.14. The molecule has 28 heavy (non-hydrogen) atoms. The van der Waals surface area contributed by atoms with Crippen molar-refractivity contribution in [3.8, 4) is 5.75 Å². The number of H-pyrrole nitrogens is 1. The molecule has 3 aromatic rings. The van der Waals surface area contributed by atoms with E-state index in [0.29, 0.717) is 0 Å². The van der Waals surface area contributed by atoms with Gasteiger partial charge in [-0.2, -0.15) is 8.78 Å². The van der Waals surface area contributed by atoms with Crippen LogP contribution in [0.2, 0.25) is 0 Å². The molecule has 0 aliphatic rings. The van der Waals surface area contributed by atoms with Crippen LogP contribution in [-0.4, -0.2) is 32.8 Å². The molecule has 144 valence electrons. The number of ether oxygens (including phenoxy) is 1. The highest BCUT2D eigenvalue weighted by molar-refractivity contribution is 5.96. The highest BCUT2D eigenvalue weighted by atomic mass is 19.4. The molecule has 0 aliphatic carbocycles. The van der Waals surface area contributed by atoms with Crippen molar-refractivity contribution in [1.82, 2.24) is 20.3 Å². The van der Waals surface area contributed by atoms with Crippen LogP contribution in [-0.2, 0) is 0 Å². The maximum atomic E-state index is 12.5. The first-order valence-electron chi connectivity index (χ1n) is 7.63. The van der Waals surface area contributed by atoms with Crippen molar-refractivity contribution < 1.29 is 27.3 Å². The summed E-state index contributed by atoms with van der Waals surface area (Å²) in [6.45, 7) is -3.32. The molecule has 3 rings (SSSR count). The molecule has 11 heteroatoms. The van der Waals surface area contributed by atoms with Crippen molar-refractivity contribution in [2.24, 2.45) is 0 Å². The standard InChI is InChI=1S/C17H10F4N4O3/c18-17(19)28-12-8-9(3-5-10(12)16(27)25(20)21)4-6-13-23-14-11(15(26)24-13)2-1-7-22-14/h1-8,17H,(H,22,23,24,26)/b6-4+. The van der Waals surface area contributed by atoms with Gasteiger partial charge in [0.1, 0.15) is 11.6 Å². The van der Waals surface area contributed by atoms with Crippen molar-refractivity contribution in [1.29, 1.82) is 0 Å². The maximum Gasteiger partial charge on any atom is 0.387 e. The second-order valence-electron chi connectivity index (χ2n) is 5.33. The predicted octanol–water partition coefficient (Wildman–Crippen LogP) is 3.30. The first-order valence-corrected chi connectivity index (χ1v) is 7.63. The Hall–Kier alpha value is -3.76. The van der Waals surface area contributed by atoms with Crippen molar-refractivity contribution >= 4 is 29.1 Å². The van der Waals surface area contributed by atoms with Gasteiger partial charge in [0.25, 0.3) is 5.56 Å². The summed E-state index contributed by atoms with van der Waals surface area (Å²) in [5.74, 6) is -2.38. The Morgan fingerprint density at radius 2 is 2.00 bits per heavy atom. The Morgan fingerprint density at radius 1 is 1.21 bits per heavy atom. The van der Waals surface area contributed by atoms with Crippen LogP contribution in [0.4, 0.5) is 17.7 Å². The van der Waals surface area contributed by atoms with Crippen molar-refractivity contribution in [2.75, 3.05) is 0 Å². The van der Waals surface area contributed by atoms with E-state index in [9.17, 15) is 27.3 Å². The van der Waals surface area contributed by atoms with E-state index in [4.69, 9.17) is 0 Å². The van der Waals surface area contributed by atoms with Crippen molar-refractivity contribution in [3.63, 3.8) is 0 Å². The largest absolute Gasteiger partial charge is 0.434 e. The predicted molar refractivity (Wildman–Crippen MR) is 90.5 cm³/mol. The fourth-order valence-corrected chi connectivity index (χ4v) is 2.35. The third-order valence-electron chi connectivity index (χ3n) is 3.54. The second-order valence-corrected chi connectivity index (χ2v) is 5.33. The highest BCUT2D eigenvalue weighted by Crippen LogP contribution is 2.25. The molecule has 1 amide bonds. The van der Waals surface area contributed by atoms with Crippen LogP contribution in [0.3, 0.4) is 0 Å². The summed E-state index contributed by atoms with van der Waals surface area (Å²) < 4.78 is 54.1. The summed E-state index contributed by atoms with van der Waals surface area (Å²) in [6.07, 6.45) is 4.18. The van der Waals surface area contributed by atoms with E-state index in [1.165, 1.54) is 24.4 Å². The number of rotatable bonds is 5. The number of fused-ring (bicyclic) bond motifs is 1. The zero-order valence-corrected chi connectivity index (χ0v) is 13.8. The lowest BCUT2D eigenvalue weighted by Crippen LogP contribution is -2.16. The van der Waals surface area contributed by atoms with Gasteiger partial charge in [-0.25, -0.2) is 9.97 Å². The molecule has 0 radical (unpaired) electrons. The number of amides is 1. The minimum Gasteiger partial charge on any atom is -0.434 e. The highest BCUT2D eigenvalue weighted by Gasteiger charge is 2.22. The second kappa shape index (κ2) is 7.86. The van der Waals surface area contributed by atoms with E-state index in [2.05, 4.69) is 19.7 Å². The number of benzene rings is 1. The summed E-state index contributed by atoms with van der Waals surface area (Å²) in [4.78, 5) is 34.0. The SMILES string of the molecule is O=C(c1ccc(/C=C/c2nc3ncccc3c(=O)[nH]2)cc1OC(F)F)N(F)F. The Balaban J connectivity index is 1.95. The lowest BCUT2D eigenvalue weighted by Gasteiger charge is -2.10. The van der Waals surface area contributed by atoms with Crippen LogP contribution in [0, 0.1) is 0 Å². The maximum absolute atomic E-state index is 12.5. The normalized spacial score (nSPS) is 11.3. The number of hydrogen-bond donors (Lipinski definition) is 1. The average Bonchev–Trinajstić information content (AvgIpc) is 2.65. The molecule has 1 N–H and O–H groups in total. The number of carbonyl (C=O) groups is 1. The van der Waals surface area contributed by atoms with Gasteiger partial charge in [0, 0.05) is 11.5 Å². The number of nitrogens with one attached hydrogen (secondary N) is 1. The van der Waals surface area contributed by atoms with Crippen molar-refractivity contribution in [2.45, 2.75) is 6.61 Å². The van der Waals surface area contributed by atoms with Gasteiger partial charge in [-0.05, 0) is 35.9 Å². The average molecular weight is 394 g/mol. The van der Waals surface area contributed by atoms with Crippen LogP contribution in [0.1, 0.15) is 21.7 Å². The molecule has 0 saturated carbocycles. The Bertz CT molecular complexity index is 1110. The number of aromatic nitrogens is 3. The molecule has 0 atom stereocenters. The number of alkyl halides is 2. The Kier molecular flexibility index (Phi) is 5.34. The van der Waals surface area contributed by atoms with Gasteiger partial charge < -0.3 is 9.72 Å². The number of halogens is 4. The molecule has 2 heterocycles. The molecule has 0 fully saturated rings. The molecule has 0 spiro atoms. The number of pyridine rings is 1. The zero-order valence-electron chi connectivity index (χ0n) is 13.8. The van der Waals surface area contributed by atoms with Crippen molar-refractivity contribution in [3.05, 3.63) is 63.8 Å². The number of nitrogens with zero attached hydrogens (tertiary/aromatic N) is 3. The van der Waals surface area contributed by atoms with E-state index in [1.54, 1.807) is 12.1 Å². The first-order chi connectivity index (χ1) is 13.3. The lowest BCUT2D eigenvalue weighted by molar-refractivity contribution is -0.109. The summed E-state index contributed by atoms with van der Waals surface area (Å²) >= 11 is 0. The number of hydrogen-bond acceptors (Lipinski definition) is 5. The lowest BCUT2D eigenvalue weighted by atomic mass is 10.1. The fourth-order valence-electron chi connectivity index (χ4n) is 2.35. The molecular weight excluding hydrogens is 384 g/mol. The van der Waals surface area contributed by atoms with Crippen LogP contribution >= 0.6 is 0 Å². The first kappa shape index (κ1) is 19.0. The summed E-state index contributed by atoms with van der Waals surface area (Å²) in [6, 6.07) is 6.27. The number of carbonyl (C=O) groups excluding carboxylic acids is 1. The molecule has 1 aromatic carbocycles. The van der Waals surface area contributed by atoms with E-state index in [1.807, 2.05) is 0 Å². The molecular formula is C17H10F4N4O3. The van der Waals surface area contributed by atoms with Gasteiger partial charge in [0.2, 0.25) is 0 Å². The smallest absolute Gasteiger partial charge is 0.387 e.